The van der Waals surface area contributed by atoms with Crippen LogP contribution in [0, 0.1) is 5.41 Å². The van der Waals surface area contributed by atoms with Crippen molar-refractivity contribution < 1.29 is 4.79 Å². The fraction of sp³-hybridized carbons (Fsp3) is 0.917. The number of nitrogens with one attached hydrogen (secondary N) is 2. The molecule has 1 aliphatic carbocycles. The minimum absolute atomic E-state index is 0.142. The van der Waals surface area contributed by atoms with Crippen LogP contribution in [0.1, 0.15) is 46.0 Å². The molecule has 2 N–H and O–H groups in total. The quantitative estimate of drug-likeness (QED) is 0.681. The number of hydrogen-bond acceptors (Lipinski definition) is 2. The lowest BCUT2D eigenvalue weighted by Crippen LogP contribution is -2.29. The molecule has 1 amide bonds. The predicted molar refractivity (Wildman–Crippen MR) is 62.7 cm³/mol. The van der Waals surface area contributed by atoms with Gasteiger partial charge in [0.2, 0.25) is 5.91 Å². The maximum Gasteiger partial charge on any atom is 0.219 e. The summed E-state index contributed by atoms with van der Waals surface area (Å²) in [5.74, 6) is 0.142. The van der Waals surface area contributed by atoms with Gasteiger partial charge >= 0.3 is 0 Å². The molecule has 1 aliphatic rings. The van der Waals surface area contributed by atoms with E-state index in [1.807, 2.05) is 0 Å². The van der Waals surface area contributed by atoms with Crippen LogP contribution in [0.3, 0.4) is 0 Å². The Kier molecular flexibility index (Phi) is 4.58. The van der Waals surface area contributed by atoms with Gasteiger partial charge in [0.15, 0.2) is 0 Å². The number of carbonyl (C=O) groups is 1. The molecule has 15 heavy (non-hydrogen) atoms. The number of rotatable bonds is 5. The van der Waals surface area contributed by atoms with Crippen LogP contribution in [0.2, 0.25) is 0 Å². The van der Waals surface area contributed by atoms with Crippen molar-refractivity contribution >= 4 is 5.91 Å². The van der Waals surface area contributed by atoms with E-state index < -0.39 is 0 Å². The Hall–Kier alpha value is -0.570. The van der Waals surface area contributed by atoms with Gasteiger partial charge in [0.1, 0.15) is 0 Å². The van der Waals surface area contributed by atoms with Crippen LogP contribution < -0.4 is 10.6 Å². The number of hydrogen-bond donors (Lipinski definition) is 2. The summed E-state index contributed by atoms with van der Waals surface area (Å²) in [7, 11) is 1.69. The molecule has 0 heterocycles. The van der Waals surface area contributed by atoms with Crippen LogP contribution in [-0.2, 0) is 4.79 Å². The smallest absolute Gasteiger partial charge is 0.219 e. The van der Waals surface area contributed by atoms with Crippen LogP contribution in [0.25, 0.3) is 0 Å². The third-order valence-corrected chi connectivity index (χ3v) is 3.26. The van der Waals surface area contributed by atoms with E-state index in [-0.39, 0.29) is 5.91 Å². The Morgan fingerprint density at radius 2 is 2.20 bits per heavy atom. The van der Waals surface area contributed by atoms with Crippen molar-refractivity contribution in [3.63, 3.8) is 0 Å². The average Bonchev–Trinajstić information content (AvgIpc) is 2.52. The minimum atomic E-state index is 0.142. The van der Waals surface area contributed by atoms with Crippen molar-refractivity contribution in [2.45, 2.75) is 52.0 Å². The third-order valence-electron chi connectivity index (χ3n) is 3.26. The zero-order valence-electron chi connectivity index (χ0n) is 10.2. The van der Waals surface area contributed by atoms with E-state index in [1.54, 1.807) is 7.05 Å². The summed E-state index contributed by atoms with van der Waals surface area (Å²) >= 11 is 0. The molecule has 0 aromatic heterocycles. The molecule has 0 saturated heterocycles. The lowest BCUT2D eigenvalue weighted by Gasteiger charge is -2.17. The van der Waals surface area contributed by atoms with Crippen molar-refractivity contribution in [2.75, 3.05) is 13.6 Å². The van der Waals surface area contributed by atoms with E-state index in [9.17, 15) is 4.79 Å². The van der Waals surface area contributed by atoms with Gasteiger partial charge in [-0.05, 0) is 37.6 Å². The predicted octanol–water partition coefficient (Wildman–Crippen LogP) is 1.68. The second-order valence-corrected chi connectivity index (χ2v) is 5.33. The molecule has 88 valence electrons. The summed E-state index contributed by atoms with van der Waals surface area (Å²) in [5.41, 5.74) is 0.512. The first-order chi connectivity index (χ1) is 7.03. The van der Waals surface area contributed by atoms with Gasteiger partial charge in [0.25, 0.3) is 0 Å². The van der Waals surface area contributed by atoms with Crippen molar-refractivity contribution in [3.8, 4) is 0 Å². The fourth-order valence-electron chi connectivity index (χ4n) is 2.29. The summed E-state index contributed by atoms with van der Waals surface area (Å²) in [6.45, 7) is 5.63. The molecular formula is C12H24N2O. The highest BCUT2D eigenvalue weighted by molar-refractivity contribution is 5.75. The van der Waals surface area contributed by atoms with Gasteiger partial charge in [0, 0.05) is 19.5 Å². The van der Waals surface area contributed by atoms with Crippen LogP contribution >= 0.6 is 0 Å². The van der Waals surface area contributed by atoms with Crippen LogP contribution in [-0.4, -0.2) is 25.5 Å². The molecule has 1 unspecified atom stereocenters. The van der Waals surface area contributed by atoms with E-state index in [4.69, 9.17) is 0 Å². The summed E-state index contributed by atoms with van der Waals surface area (Å²) in [6, 6.07) is 0.671. The summed E-state index contributed by atoms with van der Waals surface area (Å²) in [6.07, 6.45) is 5.45. The molecule has 1 fully saturated rings. The van der Waals surface area contributed by atoms with Gasteiger partial charge in [-0.25, -0.2) is 0 Å². The molecule has 0 bridgehead atoms. The molecule has 0 aliphatic heterocycles. The van der Waals surface area contributed by atoms with E-state index >= 15 is 0 Å². The Morgan fingerprint density at radius 1 is 1.47 bits per heavy atom. The summed E-state index contributed by atoms with van der Waals surface area (Å²) in [5, 5.41) is 6.18. The number of amides is 1. The molecule has 3 nitrogen and oxygen atoms in total. The van der Waals surface area contributed by atoms with Gasteiger partial charge < -0.3 is 10.6 Å². The molecule has 0 aromatic carbocycles. The molecule has 1 rings (SSSR count). The Labute approximate surface area is 93.0 Å². The zero-order valence-corrected chi connectivity index (χ0v) is 10.2. The molecule has 0 spiro atoms. The van der Waals surface area contributed by atoms with Crippen LogP contribution in [0.5, 0.6) is 0 Å². The van der Waals surface area contributed by atoms with Crippen molar-refractivity contribution in [1.82, 2.24) is 10.6 Å². The first-order valence-corrected chi connectivity index (χ1v) is 5.97. The summed E-state index contributed by atoms with van der Waals surface area (Å²) < 4.78 is 0. The first kappa shape index (κ1) is 12.5. The monoisotopic (exact) mass is 212 g/mol. The average molecular weight is 212 g/mol. The largest absolute Gasteiger partial charge is 0.359 e. The highest BCUT2D eigenvalue weighted by Crippen LogP contribution is 2.36. The van der Waals surface area contributed by atoms with Gasteiger partial charge in [0.05, 0.1) is 0 Å². The maximum absolute atomic E-state index is 11.0. The van der Waals surface area contributed by atoms with Crippen molar-refractivity contribution in [3.05, 3.63) is 0 Å². The Morgan fingerprint density at radius 3 is 2.73 bits per heavy atom. The van der Waals surface area contributed by atoms with Crippen molar-refractivity contribution in [2.24, 2.45) is 5.41 Å². The molecular weight excluding hydrogens is 188 g/mol. The molecule has 0 radical (unpaired) electrons. The Bertz CT molecular complexity index is 214. The van der Waals surface area contributed by atoms with Gasteiger partial charge in [-0.1, -0.05) is 13.8 Å². The van der Waals surface area contributed by atoms with Crippen LogP contribution in [0.4, 0.5) is 0 Å². The minimum Gasteiger partial charge on any atom is -0.359 e. The fourth-order valence-corrected chi connectivity index (χ4v) is 2.29. The SMILES string of the molecule is CNC(=O)CCCNC1CCC(C)(C)C1. The van der Waals surface area contributed by atoms with E-state index in [1.165, 1.54) is 19.3 Å². The summed E-state index contributed by atoms with van der Waals surface area (Å²) in [4.78, 5) is 11.0. The van der Waals surface area contributed by atoms with Crippen molar-refractivity contribution in [1.29, 1.82) is 0 Å². The lowest BCUT2D eigenvalue weighted by molar-refractivity contribution is -0.120. The topological polar surface area (TPSA) is 41.1 Å². The Balaban J connectivity index is 2.04. The van der Waals surface area contributed by atoms with Gasteiger partial charge in [-0.3, -0.25) is 4.79 Å². The highest BCUT2D eigenvalue weighted by Gasteiger charge is 2.30. The first-order valence-electron chi connectivity index (χ1n) is 5.97. The highest BCUT2D eigenvalue weighted by atomic mass is 16.1. The van der Waals surface area contributed by atoms with E-state index in [0.717, 1.165) is 13.0 Å². The lowest BCUT2D eigenvalue weighted by atomic mass is 9.92. The molecule has 0 aromatic rings. The molecule has 1 saturated carbocycles. The van der Waals surface area contributed by atoms with Gasteiger partial charge in [-0.2, -0.15) is 0 Å². The van der Waals surface area contributed by atoms with Crippen LogP contribution in [0.15, 0.2) is 0 Å². The third kappa shape index (κ3) is 4.65. The standard InChI is InChI=1S/C12H24N2O/c1-12(2)7-6-10(9-12)14-8-4-5-11(15)13-3/h10,14H,4-9H2,1-3H3,(H,13,15). The second kappa shape index (κ2) is 5.50. The second-order valence-electron chi connectivity index (χ2n) is 5.33. The normalized spacial score (nSPS) is 24.1. The zero-order chi connectivity index (χ0) is 11.3. The van der Waals surface area contributed by atoms with E-state index in [2.05, 4.69) is 24.5 Å². The maximum atomic E-state index is 11.0. The molecule has 1 atom stereocenters. The van der Waals surface area contributed by atoms with E-state index in [0.29, 0.717) is 17.9 Å². The van der Waals surface area contributed by atoms with Gasteiger partial charge in [-0.15, -0.1) is 0 Å². The molecule has 3 heteroatoms. The number of carbonyl (C=O) groups excluding carboxylic acids is 1.